The van der Waals surface area contributed by atoms with Crippen LogP contribution in [0.3, 0.4) is 0 Å². The third kappa shape index (κ3) is 0.994. The van der Waals surface area contributed by atoms with Crippen LogP contribution >= 0.6 is 11.9 Å². The van der Waals surface area contributed by atoms with Crippen molar-refractivity contribution in [3.63, 3.8) is 0 Å². The van der Waals surface area contributed by atoms with Crippen molar-refractivity contribution in [2.75, 3.05) is 0 Å². The number of pyridine rings is 1. The molecule has 3 nitrogen and oxygen atoms in total. The molecular weight excluding hydrogens is 158 g/mol. The van der Waals surface area contributed by atoms with Crippen LogP contribution < -0.4 is 15.1 Å². The highest BCUT2D eigenvalue weighted by atomic mass is 32.2. The number of aromatic nitrogens is 1. The van der Waals surface area contributed by atoms with E-state index in [1.165, 1.54) is 11.9 Å². The van der Waals surface area contributed by atoms with Gasteiger partial charge in [-0.3, -0.25) is 0 Å². The van der Waals surface area contributed by atoms with Crippen molar-refractivity contribution >= 4 is 17.4 Å². The third-order valence-electron chi connectivity index (χ3n) is 1.34. The molecule has 4 heteroatoms. The largest absolute Gasteiger partial charge is 0.381 e. The highest BCUT2D eigenvalue weighted by molar-refractivity contribution is 8.04. The highest BCUT2D eigenvalue weighted by Gasteiger charge is 2.09. The summed E-state index contributed by atoms with van der Waals surface area (Å²) >= 11 is 1.35. The summed E-state index contributed by atoms with van der Waals surface area (Å²) < 4.78 is 4.01. The Morgan fingerprint density at radius 2 is 2.45 bits per heavy atom. The van der Waals surface area contributed by atoms with Crippen LogP contribution in [0.4, 0.5) is 0 Å². The van der Waals surface area contributed by atoms with Gasteiger partial charge in [0.1, 0.15) is 18.0 Å². The van der Waals surface area contributed by atoms with Crippen LogP contribution in [0.15, 0.2) is 12.1 Å². The van der Waals surface area contributed by atoms with Crippen LogP contribution in [0.25, 0.3) is 5.41 Å². The molecule has 0 fully saturated rings. The van der Waals surface area contributed by atoms with Crippen LogP contribution in [0.1, 0.15) is 5.69 Å². The Hall–Kier alpha value is -1.34. The van der Waals surface area contributed by atoms with Crippen molar-refractivity contribution in [1.29, 1.82) is 5.26 Å². The summed E-state index contributed by atoms with van der Waals surface area (Å²) in [6.07, 6.45) is 0. The molecule has 0 spiro atoms. The maximum absolute atomic E-state index is 8.50. The molecule has 0 aromatic carbocycles. The zero-order valence-electron chi connectivity index (χ0n) is 5.48. The fraction of sp³-hybridized carbons (Fsp3) is 0. The maximum Gasteiger partial charge on any atom is 0.381 e. The molecule has 0 unspecified atom stereocenters. The van der Waals surface area contributed by atoms with Gasteiger partial charge in [-0.05, 0) is 11.1 Å². The molecule has 11 heavy (non-hydrogen) atoms. The normalized spacial score (nSPS) is 12.6. The Morgan fingerprint density at radius 1 is 1.55 bits per heavy atom. The van der Waals surface area contributed by atoms with E-state index in [1.54, 1.807) is 6.07 Å². The Morgan fingerprint density at radius 3 is 3.27 bits per heavy atom. The van der Waals surface area contributed by atoms with Gasteiger partial charge in [0, 0.05) is 15.9 Å². The van der Waals surface area contributed by atoms with Crippen LogP contribution in [-0.2, 0) is 0 Å². The zero-order chi connectivity index (χ0) is 7.68. The lowest BCUT2D eigenvalue weighted by Crippen LogP contribution is -2.28. The number of rotatable bonds is 0. The van der Waals surface area contributed by atoms with Crippen molar-refractivity contribution in [1.82, 2.24) is 9.38 Å². The molecule has 0 bridgehead atoms. The lowest BCUT2D eigenvalue weighted by molar-refractivity contribution is 1.10. The predicted octanol–water partition coefficient (Wildman–Crippen LogP) is -0.692. The molecule has 2 heterocycles. The van der Waals surface area contributed by atoms with Gasteiger partial charge in [0.2, 0.25) is 0 Å². The smallest absolute Gasteiger partial charge is 0.188 e. The number of nitriles is 1. The number of nitrogens with zero attached hydrogens (tertiary/aromatic N) is 3. The molecule has 0 aliphatic carbocycles. The van der Waals surface area contributed by atoms with Gasteiger partial charge >= 0.3 is 5.49 Å². The number of hydrogen-bond acceptors (Lipinski definition) is 4. The van der Waals surface area contributed by atoms with E-state index in [9.17, 15) is 0 Å². The molecule has 0 saturated heterocycles. The molecule has 1 aromatic rings. The first-order chi connectivity index (χ1) is 5.40. The second-order valence-electron chi connectivity index (χ2n) is 2.04. The monoisotopic (exact) mass is 161 g/mol. The maximum atomic E-state index is 8.50. The van der Waals surface area contributed by atoms with Crippen LogP contribution in [0.5, 0.6) is 0 Å². The van der Waals surface area contributed by atoms with E-state index >= 15 is 0 Å². The second kappa shape index (κ2) is 2.36. The fourth-order valence-corrected chi connectivity index (χ4v) is 1.42. The second-order valence-corrected chi connectivity index (χ2v) is 2.66. The van der Waals surface area contributed by atoms with Crippen molar-refractivity contribution in [2.45, 2.75) is 0 Å². The molecule has 2 rings (SSSR count). The van der Waals surface area contributed by atoms with Gasteiger partial charge in [-0.15, -0.1) is 0 Å². The van der Waals surface area contributed by atoms with Crippen LogP contribution in [0.2, 0.25) is 0 Å². The van der Waals surface area contributed by atoms with Crippen molar-refractivity contribution in [2.24, 2.45) is 0 Å². The minimum absolute atomic E-state index is 0.420. The average molecular weight is 161 g/mol. The first-order valence-electron chi connectivity index (χ1n) is 3.01. The summed E-state index contributed by atoms with van der Waals surface area (Å²) in [6, 6.07) is 5.51. The van der Waals surface area contributed by atoms with E-state index in [2.05, 4.69) is 9.38 Å². The van der Waals surface area contributed by atoms with Gasteiger partial charge < -0.3 is 0 Å². The SMILES string of the molecule is N#Cc1ccc2c(n1)=[N+]SC=2. The Balaban J connectivity index is 2.81. The molecule has 1 aromatic heterocycles. The summed E-state index contributed by atoms with van der Waals surface area (Å²) in [5.74, 6) is 0. The molecule has 1 aliphatic rings. The summed E-state index contributed by atoms with van der Waals surface area (Å²) in [6.45, 7) is 0. The first kappa shape index (κ1) is 6.38. The number of fused-ring (bicyclic) bond motifs is 1. The Bertz CT molecular complexity index is 444. The molecule has 1 aliphatic heterocycles. The first-order valence-corrected chi connectivity index (χ1v) is 3.85. The summed E-state index contributed by atoms with van der Waals surface area (Å²) in [4.78, 5) is 3.99. The van der Waals surface area contributed by atoms with E-state index in [4.69, 9.17) is 5.26 Å². The Kier molecular flexibility index (Phi) is 1.37. The fourth-order valence-electron chi connectivity index (χ4n) is 0.820. The molecular formula is C7H3N3S+. The van der Waals surface area contributed by atoms with Crippen molar-refractivity contribution in [3.05, 3.63) is 28.5 Å². The lowest BCUT2D eigenvalue weighted by Gasteiger charge is -1.73. The molecule has 0 saturated carbocycles. The van der Waals surface area contributed by atoms with Gasteiger partial charge in [0.25, 0.3) is 5.69 Å². The van der Waals surface area contributed by atoms with Crippen LogP contribution in [-0.4, -0.2) is 4.98 Å². The Labute approximate surface area is 67.2 Å². The van der Waals surface area contributed by atoms with Gasteiger partial charge in [-0.25, -0.2) is 0 Å². The molecule has 0 atom stereocenters. The minimum atomic E-state index is 0.420. The average Bonchev–Trinajstić information content (AvgIpc) is 2.50. The van der Waals surface area contributed by atoms with Crippen molar-refractivity contribution in [3.8, 4) is 6.07 Å². The van der Waals surface area contributed by atoms with E-state index in [0.29, 0.717) is 11.2 Å². The standard InChI is InChI=1S/C7H3N3S/c8-3-6-2-1-5-4-11-10-7(5)9-6/h1-2,4H/q+1. The van der Waals surface area contributed by atoms with Gasteiger partial charge in [-0.1, -0.05) is 0 Å². The van der Waals surface area contributed by atoms with E-state index < -0.39 is 0 Å². The summed E-state index contributed by atoms with van der Waals surface area (Å²) in [5.41, 5.74) is 1.08. The topological polar surface area (TPSA) is 50.8 Å². The molecule has 51 valence electrons. The minimum Gasteiger partial charge on any atom is -0.188 e. The zero-order valence-corrected chi connectivity index (χ0v) is 6.30. The molecule has 0 amide bonds. The molecule has 1 radical (unpaired) electrons. The lowest BCUT2D eigenvalue weighted by atomic mass is 10.3. The predicted molar refractivity (Wildman–Crippen MR) is 41.5 cm³/mol. The van der Waals surface area contributed by atoms with Crippen LogP contribution in [0, 0.1) is 11.3 Å². The summed E-state index contributed by atoms with van der Waals surface area (Å²) in [7, 11) is 0. The number of hydrogen-bond donors (Lipinski definition) is 0. The van der Waals surface area contributed by atoms with Gasteiger partial charge in [0.05, 0.1) is 5.22 Å². The highest BCUT2D eigenvalue weighted by Crippen LogP contribution is 1.93. The van der Waals surface area contributed by atoms with Gasteiger partial charge in [0.15, 0.2) is 0 Å². The van der Waals surface area contributed by atoms with Gasteiger partial charge in [-0.2, -0.15) is 5.26 Å². The van der Waals surface area contributed by atoms with Crippen molar-refractivity contribution < 1.29 is 0 Å². The van der Waals surface area contributed by atoms with E-state index in [0.717, 1.165) is 5.22 Å². The third-order valence-corrected chi connectivity index (χ3v) is 1.98. The summed E-state index contributed by atoms with van der Waals surface area (Å²) in [5, 5.41) is 11.4. The molecule has 0 N–H and O–H groups in total. The van der Waals surface area contributed by atoms with E-state index in [1.807, 2.05) is 17.5 Å². The van der Waals surface area contributed by atoms with E-state index in [-0.39, 0.29) is 0 Å². The quantitative estimate of drug-likeness (QED) is 0.473.